The van der Waals surface area contributed by atoms with E-state index in [0.29, 0.717) is 0 Å². The Morgan fingerprint density at radius 3 is 2.63 bits per heavy atom. The zero-order valence-corrected chi connectivity index (χ0v) is 10.1. The standard InChI is InChI=1S/C12H14F2O5/c1-2-18-11(17)10(16)9(15)7-4-3-5-8(6-7)19-12(13)14/h3-6,9-10,12,15-16H,2H2,1H3. The highest BCUT2D eigenvalue weighted by Gasteiger charge is 2.27. The van der Waals surface area contributed by atoms with Crippen molar-refractivity contribution in [3.8, 4) is 5.75 Å². The van der Waals surface area contributed by atoms with Crippen LogP contribution in [-0.4, -0.2) is 35.5 Å². The Balaban J connectivity index is 2.81. The van der Waals surface area contributed by atoms with Gasteiger partial charge in [-0.2, -0.15) is 8.78 Å². The third kappa shape index (κ3) is 4.46. The SMILES string of the molecule is CCOC(=O)C(O)C(O)c1cccc(OC(F)F)c1. The zero-order chi connectivity index (χ0) is 14.4. The molecule has 0 spiro atoms. The monoisotopic (exact) mass is 276 g/mol. The molecule has 0 saturated carbocycles. The molecule has 106 valence electrons. The summed E-state index contributed by atoms with van der Waals surface area (Å²) in [5.41, 5.74) is 0.0682. The first kappa shape index (κ1) is 15.3. The third-order valence-electron chi connectivity index (χ3n) is 2.25. The molecule has 0 aliphatic rings. The van der Waals surface area contributed by atoms with Crippen LogP contribution in [0.15, 0.2) is 24.3 Å². The fraction of sp³-hybridized carbons (Fsp3) is 0.417. The number of aliphatic hydroxyl groups excluding tert-OH is 2. The van der Waals surface area contributed by atoms with Crippen LogP contribution < -0.4 is 4.74 Å². The van der Waals surface area contributed by atoms with Crippen molar-refractivity contribution in [2.45, 2.75) is 25.7 Å². The van der Waals surface area contributed by atoms with E-state index in [9.17, 15) is 23.8 Å². The number of carbonyl (C=O) groups is 1. The van der Waals surface area contributed by atoms with Gasteiger partial charge in [-0.3, -0.25) is 0 Å². The molecule has 1 aromatic carbocycles. The van der Waals surface area contributed by atoms with Gasteiger partial charge < -0.3 is 19.7 Å². The first-order chi connectivity index (χ1) is 8.95. The molecule has 7 heteroatoms. The van der Waals surface area contributed by atoms with Gasteiger partial charge in [0.25, 0.3) is 0 Å². The average Bonchev–Trinajstić information content (AvgIpc) is 2.36. The number of hydrogen-bond donors (Lipinski definition) is 2. The minimum absolute atomic E-state index is 0.0527. The first-order valence-corrected chi connectivity index (χ1v) is 5.53. The van der Waals surface area contributed by atoms with Crippen molar-refractivity contribution in [2.75, 3.05) is 6.61 Å². The Morgan fingerprint density at radius 1 is 1.37 bits per heavy atom. The van der Waals surface area contributed by atoms with E-state index in [-0.39, 0.29) is 17.9 Å². The molecule has 0 bridgehead atoms. The van der Waals surface area contributed by atoms with Crippen LogP contribution in [-0.2, 0) is 9.53 Å². The van der Waals surface area contributed by atoms with Gasteiger partial charge in [-0.05, 0) is 24.6 Å². The molecular formula is C12H14F2O5. The van der Waals surface area contributed by atoms with Gasteiger partial charge in [0.05, 0.1) is 6.61 Å². The fourth-order valence-corrected chi connectivity index (χ4v) is 1.41. The summed E-state index contributed by atoms with van der Waals surface area (Å²) < 4.78 is 32.8. The molecule has 1 rings (SSSR count). The molecule has 0 radical (unpaired) electrons. The highest BCUT2D eigenvalue weighted by Crippen LogP contribution is 2.23. The molecule has 0 aromatic heterocycles. The van der Waals surface area contributed by atoms with Crippen LogP contribution in [0.3, 0.4) is 0 Å². The van der Waals surface area contributed by atoms with E-state index in [4.69, 9.17) is 0 Å². The van der Waals surface area contributed by atoms with Gasteiger partial charge in [0, 0.05) is 0 Å². The molecular weight excluding hydrogens is 262 g/mol. The second kappa shape index (κ2) is 7.01. The van der Waals surface area contributed by atoms with E-state index >= 15 is 0 Å². The van der Waals surface area contributed by atoms with E-state index in [1.807, 2.05) is 0 Å². The van der Waals surface area contributed by atoms with Crippen LogP contribution >= 0.6 is 0 Å². The summed E-state index contributed by atoms with van der Waals surface area (Å²) in [6.45, 7) is -1.40. The van der Waals surface area contributed by atoms with Gasteiger partial charge in [-0.1, -0.05) is 12.1 Å². The molecule has 2 atom stereocenters. The molecule has 0 aliphatic carbocycles. The first-order valence-electron chi connectivity index (χ1n) is 5.53. The lowest BCUT2D eigenvalue weighted by Gasteiger charge is -2.17. The fourth-order valence-electron chi connectivity index (χ4n) is 1.41. The number of alkyl halides is 2. The number of halogens is 2. The molecule has 19 heavy (non-hydrogen) atoms. The summed E-state index contributed by atoms with van der Waals surface area (Å²) >= 11 is 0. The second-order valence-corrected chi connectivity index (χ2v) is 3.59. The molecule has 5 nitrogen and oxygen atoms in total. The quantitative estimate of drug-likeness (QED) is 0.765. The van der Waals surface area contributed by atoms with E-state index < -0.39 is 24.8 Å². The molecule has 0 amide bonds. The maximum atomic E-state index is 12.0. The predicted molar refractivity (Wildman–Crippen MR) is 60.7 cm³/mol. The van der Waals surface area contributed by atoms with E-state index in [2.05, 4.69) is 9.47 Å². The predicted octanol–water partition coefficient (Wildman–Crippen LogP) is 1.25. The van der Waals surface area contributed by atoms with Gasteiger partial charge in [-0.25, -0.2) is 4.79 Å². The van der Waals surface area contributed by atoms with Crippen LogP contribution in [0.5, 0.6) is 5.75 Å². The summed E-state index contributed by atoms with van der Waals surface area (Å²) in [6.07, 6.45) is -3.37. The van der Waals surface area contributed by atoms with Crippen LogP contribution in [0.25, 0.3) is 0 Å². The number of hydrogen-bond acceptors (Lipinski definition) is 5. The largest absolute Gasteiger partial charge is 0.464 e. The number of aliphatic hydroxyl groups is 2. The van der Waals surface area contributed by atoms with E-state index in [0.717, 1.165) is 6.07 Å². The van der Waals surface area contributed by atoms with Crippen molar-refractivity contribution in [1.29, 1.82) is 0 Å². The van der Waals surface area contributed by atoms with Gasteiger partial charge in [0.2, 0.25) is 0 Å². The molecule has 0 aliphatic heterocycles. The summed E-state index contributed by atoms with van der Waals surface area (Å²) in [5.74, 6) is -1.17. The lowest BCUT2D eigenvalue weighted by molar-refractivity contribution is -0.159. The van der Waals surface area contributed by atoms with Crippen LogP contribution in [0, 0.1) is 0 Å². The Hall–Kier alpha value is -1.73. The summed E-state index contributed by atoms with van der Waals surface area (Å²) in [5, 5.41) is 19.3. The smallest absolute Gasteiger partial charge is 0.387 e. The average molecular weight is 276 g/mol. The Labute approximate surface area is 108 Å². The molecule has 1 aromatic rings. The van der Waals surface area contributed by atoms with Crippen molar-refractivity contribution >= 4 is 5.97 Å². The molecule has 0 saturated heterocycles. The minimum atomic E-state index is -3.00. The molecule has 0 fully saturated rings. The van der Waals surface area contributed by atoms with Crippen LogP contribution in [0.2, 0.25) is 0 Å². The van der Waals surface area contributed by atoms with E-state index in [1.54, 1.807) is 6.92 Å². The highest BCUT2D eigenvalue weighted by molar-refractivity contribution is 5.75. The van der Waals surface area contributed by atoms with Crippen molar-refractivity contribution in [3.63, 3.8) is 0 Å². The van der Waals surface area contributed by atoms with Crippen molar-refractivity contribution in [3.05, 3.63) is 29.8 Å². The molecule has 2 N–H and O–H groups in total. The second-order valence-electron chi connectivity index (χ2n) is 3.59. The summed E-state index contributed by atoms with van der Waals surface area (Å²) in [6, 6.07) is 5.10. The van der Waals surface area contributed by atoms with E-state index in [1.165, 1.54) is 18.2 Å². The summed E-state index contributed by atoms with van der Waals surface area (Å²) in [4.78, 5) is 11.2. The van der Waals surface area contributed by atoms with Crippen molar-refractivity contribution in [1.82, 2.24) is 0 Å². The van der Waals surface area contributed by atoms with Gasteiger partial charge >= 0.3 is 12.6 Å². The number of rotatable bonds is 6. The minimum Gasteiger partial charge on any atom is -0.464 e. The number of ether oxygens (including phenoxy) is 2. The lowest BCUT2D eigenvalue weighted by Crippen LogP contribution is -2.29. The molecule has 2 unspecified atom stereocenters. The number of benzene rings is 1. The number of esters is 1. The lowest BCUT2D eigenvalue weighted by atomic mass is 10.0. The van der Waals surface area contributed by atoms with Crippen molar-refractivity contribution < 1.29 is 33.3 Å². The van der Waals surface area contributed by atoms with Gasteiger partial charge in [0.1, 0.15) is 11.9 Å². The van der Waals surface area contributed by atoms with Crippen molar-refractivity contribution in [2.24, 2.45) is 0 Å². The zero-order valence-electron chi connectivity index (χ0n) is 10.1. The maximum absolute atomic E-state index is 12.0. The Bertz CT molecular complexity index is 424. The third-order valence-corrected chi connectivity index (χ3v) is 2.25. The number of carbonyl (C=O) groups excluding carboxylic acids is 1. The van der Waals surface area contributed by atoms with Crippen LogP contribution in [0.1, 0.15) is 18.6 Å². The topological polar surface area (TPSA) is 76.0 Å². The summed E-state index contributed by atoms with van der Waals surface area (Å²) in [7, 11) is 0. The normalized spacial score (nSPS) is 14.0. The Kier molecular flexibility index (Phi) is 5.65. The maximum Gasteiger partial charge on any atom is 0.387 e. The van der Waals surface area contributed by atoms with Gasteiger partial charge in [-0.15, -0.1) is 0 Å². The molecule has 0 heterocycles. The highest BCUT2D eigenvalue weighted by atomic mass is 19.3. The Morgan fingerprint density at radius 2 is 2.05 bits per heavy atom. The van der Waals surface area contributed by atoms with Gasteiger partial charge in [0.15, 0.2) is 6.10 Å². The van der Waals surface area contributed by atoms with Crippen LogP contribution in [0.4, 0.5) is 8.78 Å².